The third-order valence-corrected chi connectivity index (χ3v) is 3.12. The number of aryl methyl sites for hydroxylation is 2. The van der Waals surface area contributed by atoms with Gasteiger partial charge in [-0.2, -0.15) is 0 Å². The molecule has 0 heterocycles. The summed E-state index contributed by atoms with van der Waals surface area (Å²) in [4.78, 5) is 23.1. The molecule has 1 unspecified atom stereocenters. The number of carboxylic acid groups (broad SMARTS) is 1. The first-order valence-electron chi connectivity index (χ1n) is 5.99. The fourth-order valence-corrected chi connectivity index (χ4v) is 1.84. The maximum Gasteiger partial charge on any atom is 0.305 e. The van der Waals surface area contributed by atoms with Gasteiger partial charge in [0.1, 0.15) is 5.75 Å². The molecule has 5 heteroatoms. The van der Waals surface area contributed by atoms with E-state index in [1.54, 1.807) is 19.2 Å². The molecule has 0 fully saturated rings. The standard InChI is InChI=1S/C14H19NO4/c1-8-5-10(12(19-4)6-9(8)2)14(18)11(15-3)7-13(16)17/h5-6,11,15H,7H2,1-4H3,(H,16,17). The van der Waals surface area contributed by atoms with Crippen molar-refractivity contribution in [2.45, 2.75) is 26.3 Å². The first kappa shape index (κ1) is 15.2. The summed E-state index contributed by atoms with van der Waals surface area (Å²) >= 11 is 0. The zero-order valence-corrected chi connectivity index (χ0v) is 11.6. The van der Waals surface area contributed by atoms with Gasteiger partial charge in [0, 0.05) is 0 Å². The molecule has 0 amide bonds. The zero-order chi connectivity index (χ0) is 14.6. The van der Waals surface area contributed by atoms with Crippen LogP contribution in [0.4, 0.5) is 0 Å². The molecule has 104 valence electrons. The summed E-state index contributed by atoms with van der Waals surface area (Å²) in [5, 5.41) is 11.5. The highest BCUT2D eigenvalue weighted by molar-refractivity contribution is 6.04. The van der Waals surface area contributed by atoms with Crippen LogP contribution in [0.2, 0.25) is 0 Å². The zero-order valence-electron chi connectivity index (χ0n) is 11.6. The second-order valence-electron chi connectivity index (χ2n) is 4.44. The molecular weight excluding hydrogens is 246 g/mol. The monoisotopic (exact) mass is 265 g/mol. The Hall–Kier alpha value is -1.88. The molecule has 0 bridgehead atoms. The molecular formula is C14H19NO4. The van der Waals surface area contributed by atoms with Crippen LogP contribution in [0.3, 0.4) is 0 Å². The van der Waals surface area contributed by atoms with E-state index in [0.717, 1.165) is 11.1 Å². The lowest BCUT2D eigenvalue weighted by Gasteiger charge is -2.16. The molecule has 0 aliphatic carbocycles. The predicted molar refractivity (Wildman–Crippen MR) is 71.9 cm³/mol. The van der Waals surface area contributed by atoms with Crippen LogP contribution in [-0.2, 0) is 4.79 Å². The smallest absolute Gasteiger partial charge is 0.305 e. The summed E-state index contributed by atoms with van der Waals surface area (Å²) in [7, 11) is 3.06. The van der Waals surface area contributed by atoms with Crippen molar-refractivity contribution in [3.05, 3.63) is 28.8 Å². The largest absolute Gasteiger partial charge is 0.496 e. The first-order chi connectivity index (χ1) is 8.90. The van der Waals surface area contributed by atoms with Gasteiger partial charge in [-0.15, -0.1) is 0 Å². The van der Waals surface area contributed by atoms with Crippen molar-refractivity contribution in [3.8, 4) is 5.75 Å². The number of methoxy groups -OCH3 is 1. The van der Waals surface area contributed by atoms with E-state index >= 15 is 0 Å². The minimum atomic E-state index is -1.02. The van der Waals surface area contributed by atoms with E-state index in [-0.39, 0.29) is 12.2 Å². The number of carbonyl (C=O) groups is 2. The Morgan fingerprint density at radius 3 is 2.37 bits per heavy atom. The van der Waals surface area contributed by atoms with Crippen LogP contribution in [0.15, 0.2) is 12.1 Å². The van der Waals surface area contributed by atoms with Crippen molar-refractivity contribution in [1.82, 2.24) is 5.32 Å². The molecule has 19 heavy (non-hydrogen) atoms. The van der Waals surface area contributed by atoms with Gasteiger partial charge in [0.05, 0.1) is 25.1 Å². The second kappa shape index (κ2) is 6.33. The van der Waals surface area contributed by atoms with Crippen molar-refractivity contribution in [3.63, 3.8) is 0 Å². The van der Waals surface area contributed by atoms with Crippen molar-refractivity contribution < 1.29 is 19.4 Å². The van der Waals surface area contributed by atoms with Gasteiger partial charge in [0.2, 0.25) is 0 Å². The molecule has 0 radical (unpaired) electrons. The summed E-state index contributed by atoms with van der Waals surface area (Å²) < 4.78 is 5.21. The number of rotatable bonds is 6. The van der Waals surface area contributed by atoms with Crippen molar-refractivity contribution in [2.24, 2.45) is 0 Å². The number of ether oxygens (including phenoxy) is 1. The van der Waals surface area contributed by atoms with E-state index in [1.807, 2.05) is 13.8 Å². The number of hydrogen-bond donors (Lipinski definition) is 2. The number of Topliss-reactive ketones (excluding diaryl/α,β-unsaturated/α-hetero) is 1. The number of likely N-dealkylation sites (N-methyl/N-ethyl adjacent to an activating group) is 1. The SMILES string of the molecule is CNC(CC(=O)O)C(=O)c1cc(C)c(C)cc1OC. The van der Waals surface area contributed by atoms with Crippen LogP contribution in [0.5, 0.6) is 5.75 Å². The average Bonchev–Trinajstić information content (AvgIpc) is 2.37. The van der Waals surface area contributed by atoms with E-state index < -0.39 is 12.0 Å². The molecule has 0 aliphatic heterocycles. The highest BCUT2D eigenvalue weighted by atomic mass is 16.5. The highest BCUT2D eigenvalue weighted by Gasteiger charge is 2.24. The Morgan fingerprint density at radius 2 is 1.89 bits per heavy atom. The topological polar surface area (TPSA) is 75.6 Å². The van der Waals surface area contributed by atoms with E-state index in [9.17, 15) is 9.59 Å². The van der Waals surface area contributed by atoms with Crippen LogP contribution in [0, 0.1) is 13.8 Å². The first-order valence-corrected chi connectivity index (χ1v) is 5.99. The van der Waals surface area contributed by atoms with Crippen LogP contribution in [-0.4, -0.2) is 37.1 Å². The van der Waals surface area contributed by atoms with E-state index in [0.29, 0.717) is 11.3 Å². The Bertz CT molecular complexity index is 496. The average molecular weight is 265 g/mol. The summed E-state index contributed by atoms with van der Waals surface area (Å²) in [5.74, 6) is -0.820. The third kappa shape index (κ3) is 3.54. The molecule has 0 saturated carbocycles. The number of carboxylic acids is 1. The lowest BCUT2D eigenvalue weighted by atomic mass is 9.97. The van der Waals surface area contributed by atoms with Crippen LogP contribution < -0.4 is 10.1 Å². The lowest BCUT2D eigenvalue weighted by Crippen LogP contribution is -2.36. The molecule has 0 spiro atoms. The fraction of sp³-hybridized carbons (Fsp3) is 0.429. The highest BCUT2D eigenvalue weighted by Crippen LogP contribution is 2.24. The van der Waals surface area contributed by atoms with Crippen molar-refractivity contribution >= 4 is 11.8 Å². The van der Waals surface area contributed by atoms with Gasteiger partial charge < -0.3 is 15.2 Å². The predicted octanol–water partition coefficient (Wildman–Crippen LogP) is 1.56. The fourth-order valence-electron chi connectivity index (χ4n) is 1.84. The summed E-state index contributed by atoms with van der Waals surface area (Å²) in [6, 6.07) is 2.77. The number of aliphatic carboxylic acids is 1. The van der Waals surface area contributed by atoms with E-state index in [1.165, 1.54) is 7.11 Å². The van der Waals surface area contributed by atoms with Gasteiger partial charge in [-0.05, 0) is 44.2 Å². The Morgan fingerprint density at radius 1 is 1.32 bits per heavy atom. The maximum absolute atomic E-state index is 12.3. The quantitative estimate of drug-likeness (QED) is 0.763. The van der Waals surface area contributed by atoms with Crippen LogP contribution >= 0.6 is 0 Å². The molecule has 2 N–H and O–H groups in total. The van der Waals surface area contributed by atoms with Gasteiger partial charge in [-0.25, -0.2) is 0 Å². The molecule has 0 saturated heterocycles. The number of nitrogens with one attached hydrogen (secondary N) is 1. The molecule has 1 atom stereocenters. The van der Waals surface area contributed by atoms with Gasteiger partial charge in [-0.1, -0.05) is 0 Å². The molecule has 0 aromatic heterocycles. The summed E-state index contributed by atoms with van der Waals surface area (Å²) in [6.07, 6.45) is -0.259. The van der Waals surface area contributed by atoms with Crippen LogP contribution in [0.25, 0.3) is 0 Å². The normalized spacial score (nSPS) is 12.0. The molecule has 5 nitrogen and oxygen atoms in total. The summed E-state index contributed by atoms with van der Waals surface area (Å²) in [5.41, 5.74) is 2.40. The number of hydrogen-bond acceptors (Lipinski definition) is 4. The van der Waals surface area contributed by atoms with Crippen LogP contribution in [0.1, 0.15) is 27.9 Å². The lowest BCUT2D eigenvalue weighted by molar-refractivity contribution is -0.137. The number of carbonyl (C=O) groups excluding carboxylic acids is 1. The van der Waals surface area contributed by atoms with Gasteiger partial charge in [-0.3, -0.25) is 9.59 Å². The molecule has 1 rings (SSSR count). The van der Waals surface area contributed by atoms with Gasteiger partial charge in [0.15, 0.2) is 5.78 Å². The minimum Gasteiger partial charge on any atom is -0.496 e. The van der Waals surface area contributed by atoms with Gasteiger partial charge >= 0.3 is 5.97 Å². The Labute approximate surface area is 112 Å². The Kier molecular flexibility index (Phi) is 5.06. The second-order valence-corrected chi connectivity index (χ2v) is 4.44. The third-order valence-electron chi connectivity index (χ3n) is 3.12. The molecule has 1 aromatic rings. The van der Waals surface area contributed by atoms with E-state index in [4.69, 9.17) is 9.84 Å². The van der Waals surface area contributed by atoms with Gasteiger partial charge in [0.25, 0.3) is 0 Å². The molecule has 0 aliphatic rings. The number of ketones is 1. The maximum atomic E-state index is 12.3. The molecule has 1 aromatic carbocycles. The number of benzene rings is 1. The van der Waals surface area contributed by atoms with Crippen molar-refractivity contribution in [2.75, 3.05) is 14.2 Å². The van der Waals surface area contributed by atoms with Crippen molar-refractivity contribution in [1.29, 1.82) is 0 Å². The Balaban J connectivity index is 3.16. The summed E-state index contributed by atoms with van der Waals surface area (Å²) in [6.45, 7) is 3.83. The minimum absolute atomic E-state index is 0.259. The van der Waals surface area contributed by atoms with E-state index in [2.05, 4.69) is 5.32 Å².